The molecule has 1 amide bonds. The third kappa shape index (κ3) is 3.24. The van der Waals surface area contributed by atoms with Gasteiger partial charge in [-0.05, 0) is 37.5 Å². The number of fused-ring (bicyclic) bond motifs is 1. The number of hydrogen-bond donors (Lipinski definition) is 1. The molecule has 6 heteroatoms. The van der Waals surface area contributed by atoms with Gasteiger partial charge in [-0.3, -0.25) is 14.4 Å². The van der Waals surface area contributed by atoms with E-state index in [9.17, 15) is 4.79 Å². The van der Waals surface area contributed by atoms with Gasteiger partial charge in [-0.2, -0.15) is 5.10 Å². The van der Waals surface area contributed by atoms with Gasteiger partial charge in [-0.15, -0.1) is 0 Å². The van der Waals surface area contributed by atoms with Crippen LogP contribution in [0.2, 0.25) is 0 Å². The molecule has 1 N–H and O–H groups in total. The van der Waals surface area contributed by atoms with E-state index in [2.05, 4.69) is 26.1 Å². The molecule has 3 heterocycles. The molecule has 1 fully saturated rings. The van der Waals surface area contributed by atoms with Crippen LogP contribution in [0.3, 0.4) is 0 Å². The first-order valence-corrected chi connectivity index (χ1v) is 8.84. The van der Waals surface area contributed by atoms with Crippen molar-refractivity contribution in [2.24, 2.45) is 5.92 Å². The van der Waals surface area contributed by atoms with Crippen molar-refractivity contribution in [2.45, 2.75) is 44.8 Å². The summed E-state index contributed by atoms with van der Waals surface area (Å²) in [6, 6.07) is 6.31. The predicted octanol–water partition coefficient (Wildman–Crippen LogP) is 2.34. The van der Waals surface area contributed by atoms with E-state index in [0.717, 1.165) is 44.7 Å². The van der Waals surface area contributed by atoms with Gasteiger partial charge in [0.05, 0.1) is 24.5 Å². The fourth-order valence-corrected chi connectivity index (χ4v) is 3.60. The molecular weight excluding hydrogens is 304 g/mol. The van der Waals surface area contributed by atoms with Crippen LogP contribution in [-0.2, 0) is 17.9 Å². The summed E-state index contributed by atoms with van der Waals surface area (Å²) in [6.07, 6.45) is 7.79. The summed E-state index contributed by atoms with van der Waals surface area (Å²) < 4.78 is 7.60. The third-order valence-electron chi connectivity index (χ3n) is 5.16. The number of nitrogens with one attached hydrogen (secondary N) is 1. The molecule has 4 rings (SSSR count). The van der Waals surface area contributed by atoms with Crippen molar-refractivity contribution in [2.75, 3.05) is 13.1 Å². The Hall–Kier alpha value is -2.08. The Balaban J connectivity index is 1.35. The number of rotatable bonds is 6. The second-order valence-corrected chi connectivity index (χ2v) is 6.88. The lowest BCUT2D eigenvalue weighted by molar-refractivity contribution is -0.127. The molecule has 6 nitrogen and oxygen atoms in total. The standard InChI is InChI=1S/C18H24N4O2/c23-18(14-3-1-4-14)19-8-6-15-11-21(13-17-5-2-10-24-17)12-16-7-9-20-22(15)16/h2,5,7,9-10,14-15H,1,3-4,6,8,11-13H2,(H,19,23)/t15-/m0/s1. The smallest absolute Gasteiger partial charge is 0.223 e. The van der Waals surface area contributed by atoms with E-state index >= 15 is 0 Å². The van der Waals surface area contributed by atoms with Crippen LogP contribution in [0.15, 0.2) is 35.1 Å². The van der Waals surface area contributed by atoms with Gasteiger partial charge in [0.25, 0.3) is 0 Å². The molecule has 0 radical (unpaired) electrons. The van der Waals surface area contributed by atoms with Crippen LogP contribution in [-0.4, -0.2) is 33.7 Å². The third-order valence-corrected chi connectivity index (χ3v) is 5.16. The van der Waals surface area contributed by atoms with Crippen LogP contribution in [0.1, 0.15) is 43.2 Å². The summed E-state index contributed by atoms with van der Waals surface area (Å²) in [5.41, 5.74) is 1.23. The highest BCUT2D eigenvalue weighted by molar-refractivity contribution is 5.79. The number of amides is 1. The first kappa shape index (κ1) is 15.4. The topological polar surface area (TPSA) is 63.3 Å². The first-order valence-electron chi connectivity index (χ1n) is 8.84. The molecule has 2 aromatic heterocycles. The predicted molar refractivity (Wildman–Crippen MR) is 89.1 cm³/mol. The molecule has 2 aliphatic rings. The van der Waals surface area contributed by atoms with E-state index in [-0.39, 0.29) is 11.8 Å². The lowest BCUT2D eigenvalue weighted by atomic mass is 9.85. The monoisotopic (exact) mass is 328 g/mol. The lowest BCUT2D eigenvalue weighted by Gasteiger charge is -2.33. The highest BCUT2D eigenvalue weighted by atomic mass is 16.3. The lowest BCUT2D eigenvalue weighted by Crippen LogP contribution is -2.40. The van der Waals surface area contributed by atoms with E-state index in [1.165, 1.54) is 12.1 Å². The van der Waals surface area contributed by atoms with Crippen molar-refractivity contribution < 1.29 is 9.21 Å². The summed E-state index contributed by atoms with van der Waals surface area (Å²) in [6.45, 7) is 3.33. The van der Waals surface area contributed by atoms with Crippen LogP contribution in [0.5, 0.6) is 0 Å². The molecule has 0 spiro atoms. The zero-order chi connectivity index (χ0) is 16.4. The van der Waals surface area contributed by atoms with Gasteiger partial charge >= 0.3 is 0 Å². The summed E-state index contributed by atoms with van der Waals surface area (Å²) in [5, 5.41) is 7.58. The number of aromatic nitrogens is 2. The summed E-state index contributed by atoms with van der Waals surface area (Å²) >= 11 is 0. The van der Waals surface area contributed by atoms with E-state index in [1.54, 1.807) is 6.26 Å². The molecular formula is C18H24N4O2. The van der Waals surface area contributed by atoms with Gasteiger partial charge in [0.2, 0.25) is 5.91 Å². The number of furan rings is 1. The largest absolute Gasteiger partial charge is 0.468 e. The van der Waals surface area contributed by atoms with Gasteiger partial charge in [-0.1, -0.05) is 6.42 Å². The zero-order valence-corrected chi connectivity index (χ0v) is 13.9. The van der Waals surface area contributed by atoms with E-state index in [1.807, 2.05) is 18.3 Å². The zero-order valence-electron chi connectivity index (χ0n) is 13.9. The Bertz CT molecular complexity index is 675. The molecule has 1 aliphatic carbocycles. The molecule has 2 aromatic rings. The summed E-state index contributed by atoms with van der Waals surface area (Å²) in [7, 11) is 0. The normalized spacial score (nSPS) is 21.2. The Labute approximate surface area is 141 Å². The highest BCUT2D eigenvalue weighted by Crippen LogP contribution is 2.27. The second-order valence-electron chi connectivity index (χ2n) is 6.88. The minimum Gasteiger partial charge on any atom is -0.468 e. The van der Waals surface area contributed by atoms with Crippen molar-refractivity contribution in [3.63, 3.8) is 0 Å². The van der Waals surface area contributed by atoms with Gasteiger partial charge in [0.15, 0.2) is 0 Å². The Kier molecular flexibility index (Phi) is 4.38. The average molecular weight is 328 g/mol. The Morgan fingerprint density at radius 2 is 2.29 bits per heavy atom. The number of nitrogens with zero attached hydrogens (tertiary/aromatic N) is 3. The van der Waals surface area contributed by atoms with Crippen LogP contribution in [0.4, 0.5) is 0 Å². The minimum atomic E-state index is 0.227. The average Bonchev–Trinajstić information content (AvgIpc) is 3.16. The second kappa shape index (κ2) is 6.81. The van der Waals surface area contributed by atoms with E-state index in [0.29, 0.717) is 12.6 Å². The van der Waals surface area contributed by atoms with E-state index in [4.69, 9.17) is 4.42 Å². The Morgan fingerprint density at radius 3 is 3.04 bits per heavy atom. The first-order chi connectivity index (χ1) is 11.8. The fraction of sp³-hybridized carbons (Fsp3) is 0.556. The highest BCUT2D eigenvalue weighted by Gasteiger charge is 2.27. The fourth-order valence-electron chi connectivity index (χ4n) is 3.60. The molecule has 1 saturated carbocycles. The quantitative estimate of drug-likeness (QED) is 0.884. The van der Waals surface area contributed by atoms with E-state index < -0.39 is 0 Å². The van der Waals surface area contributed by atoms with Crippen molar-refractivity contribution in [3.05, 3.63) is 42.1 Å². The van der Waals surface area contributed by atoms with Gasteiger partial charge in [0.1, 0.15) is 5.76 Å². The van der Waals surface area contributed by atoms with Crippen LogP contribution < -0.4 is 5.32 Å². The van der Waals surface area contributed by atoms with Crippen molar-refractivity contribution in [3.8, 4) is 0 Å². The van der Waals surface area contributed by atoms with Gasteiger partial charge < -0.3 is 9.73 Å². The van der Waals surface area contributed by atoms with Gasteiger partial charge in [-0.25, -0.2) is 0 Å². The van der Waals surface area contributed by atoms with Crippen molar-refractivity contribution in [1.29, 1.82) is 0 Å². The molecule has 0 aromatic carbocycles. The number of hydrogen-bond acceptors (Lipinski definition) is 4. The van der Waals surface area contributed by atoms with Crippen LogP contribution in [0, 0.1) is 5.92 Å². The maximum absolute atomic E-state index is 12.0. The van der Waals surface area contributed by atoms with Crippen molar-refractivity contribution >= 4 is 5.91 Å². The molecule has 0 saturated heterocycles. The molecule has 1 aliphatic heterocycles. The molecule has 0 unspecified atom stereocenters. The van der Waals surface area contributed by atoms with Crippen molar-refractivity contribution in [1.82, 2.24) is 20.0 Å². The maximum atomic E-state index is 12.0. The minimum absolute atomic E-state index is 0.227. The molecule has 24 heavy (non-hydrogen) atoms. The van der Waals surface area contributed by atoms with Crippen LogP contribution >= 0.6 is 0 Å². The Morgan fingerprint density at radius 1 is 1.38 bits per heavy atom. The molecule has 0 bridgehead atoms. The summed E-state index contributed by atoms with van der Waals surface area (Å²) in [5.74, 6) is 1.47. The molecule has 1 atom stereocenters. The number of carbonyl (C=O) groups is 1. The van der Waals surface area contributed by atoms with Crippen LogP contribution in [0.25, 0.3) is 0 Å². The maximum Gasteiger partial charge on any atom is 0.223 e. The SMILES string of the molecule is O=C(NCC[C@H]1CN(Cc2ccco2)Cc2ccnn21)C1CCC1. The summed E-state index contributed by atoms with van der Waals surface area (Å²) in [4.78, 5) is 14.4. The van der Waals surface area contributed by atoms with Gasteiger partial charge in [0, 0.05) is 31.7 Å². The molecule has 128 valence electrons. The number of carbonyl (C=O) groups excluding carboxylic acids is 1.